The lowest BCUT2D eigenvalue weighted by Gasteiger charge is -2.36. The van der Waals surface area contributed by atoms with E-state index in [2.05, 4.69) is 24.5 Å². The average Bonchev–Trinajstić information content (AvgIpc) is 2.87. The van der Waals surface area contributed by atoms with Gasteiger partial charge in [-0.15, -0.1) is 0 Å². The molecule has 1 aromatic carbocycles. The molecule has 0 aliphatic rings. The van der Waals surface area contributed by atoms with Crippen LogP contribution in [0.1, 0.15) is 125 Å². The summed E-state index contributed by atoms with van der Waals surface area (Å²) in [4.78, 5) is 42.6. The van der Waals surface area contributed by atoms with Crippen LogP contribution in [0.2, 0.25) is 0 Å². The Morgan fingerprint density at radius 2 is 1.50 bits per heavy atom. The molecule has 228 valence electrons. The molecule has 40 heavy (non-hydrogen) atoms. The molecule has 8 heteroatoms. The fourth-order valence-corrected chi connectivity index (χ4v) is 4.68. The summed E-state index contributed by atoms with van der Waals surface area (Å²) in [6.45, 7) is 15.8. The molecule has 0 bridgehead atoms. The zero-order valence-corrected chi connectivity index (χ0v) is 26.2. The number of hydrogen-bond acceptors (Lipinski definition) is 5. The highest BCUT2D eigenvalue weighted by atomic mass is 16.6. The van der Waals surface area contributed by atoms with Crippen LogP contribution in [0.4, 0.5) is 4.79 Å². The molecule has 8 nitrogen and oxygen atoms in total. The Hall–Kier alpha value is -2.77. The highest BCUT2D eigenvalue weighted by Gasteiger charge is 2.38. The maximum atomic E-state index is 14.3. The summed E-state index contributed by atoms with van der Waals surface area (Å²) >= 11 is 0. The second-order valence-corrected chi connectivity index (χ2v) is 12.0. The topological polar surface area (TPSA) is 108 Å². The van der Waals surface area contributed by atoms with Gasteiger partial charge in [-0.25, -0.2) is 4.79 Å². The van der Waals surface area contributed by atoms with E-state index in [1.54, 1.807) is 37.8 Å². The largest absolute Gasteiger partial charge is 0.508 e. The van der Waals surface area contributed by atoms with Crippen molar-refractivity contribution in [2.75, 3.05) is 6.54 Å². The number of benzene rings is 1. The number of carbonyl (C=O) groups is 3. The molecule has 0 aromatic heterocycles. The molecule has 3 N–H and O–H groups in total. The Labute approximate surface area is 242 Å². The molecule has 3 amide bonds. The van der Waals surface area contributed by atoms with Gasteiger partial charge in [0.05, 0.1) is 0 Å². The van der Waals surface area contributed by atoms with Gasteiger partial charge >= 0.3 is 6.09 Å². The summed E-state index contributed by atoms with van der Waals surface area (Å²) in [5.41, 5.74) is -0.103. The molecule has 1 rings (SSSR count). The van der Waals surface area contributed by atoms with Gasteiger partial charge in [0.15, 0.2) is 0 Å². The fourth-order valence-electron chi connectivity index (χ4n) is 4.68. The summed E-state index contributed by atoms with van der Waals surface area (Å²) in [7, 11) is 0. The minimum atomic E-state index is -0.907. The number of amides is 3. The van der Waals surface area contributed by atoms with Crippen molar-refractivity contribution in [3.63, 3.8) is 0 Å². The number of ether oxygens (including phenoxy) is 1. The lowest BCUT2D eigenvalue weighted by atomic mass is 9.95. The van der Waals surface area contributed by atoms with Gasteiger partial charge in [0, 0.05) is 12.6 Å². The summed E-state index contributed by atoms with van der Waals surface area (Å²) in [6.07, 6.45) is 7.92. The third kappa shape index (κ3) is 12.6. The highest BCUT2D eigenvalue weighted by Crippen LogP contribution is 2.27. The average molecular weight is 562 g/mol. The summed E-state index contributed by atoms with van der Waals surface area (Å²) in [5.74, 6) is -0.689. The van der Waals surface area contributed by atoms with E-state index in [-0.39, 0.29) is 29.5 Å². The molecular formula is C32H55N3O5. The van der Waals surface area contributed by atoms with Crippen LogP contribution in [0.25, 0.3) is 0 Å². The van der Waals surface area contributed by atoms with Crippen molar-refractivity contribution in [1.82, 2.24) is 15.5 Å². The van der Waals surface area contributed by atoms with Crippen molar-refractivity contribution in [1.29, 1.82) is 0 Å². The third-order valence-corrected chi connectivity index (χ3v) is 7.07. The number of nitrogens with one attached hydrogen (secondary N) is 2. The van der Waals surface area contributed by atoms with Gasteiger partial charge < -0.3 is 25.4 Å². The first-order valence-corrected chi connectivity index (χ1v) is 15.2. The quantitative estimate of drug-likeness (QED) is 0.180. The van der Waals surface area contributed by atoms with Crippen LogP contribution in [0.5, 0.6) is 5.75 Å². The van der Waals surface area contributed by atoms with E-state index in [0.717, 1.165) is 44.9 Å². The predicted molar refractivity (Wildman–Crippen MR) is 161 cm³/mol. The van der Waals surface area contributed by atoms with Crippen molar-refractivity contribution in [2.45, 2.75) is 137 Å². The van der Waals surface area contributed by atoms with Crippen molar-refractivity contribution in [2.24, 2.45) is 5.92 Å². The fraction of sp³-hybridized carbons (Fsp3) is 0.719. The van der Waals surface area contributed by atoms with Gasteiger partial charge in [0.2, 0.25) is 11.8 Å². The molecule has 0 heterocycles. The Bertz CT molecular complexity index is 897. The van der Waals surface area contributed by atoms with E-state index in [4.69, 9.17) is 4.74 Å². The lowest BCUT2D eigenvalue weighted by molar-refractivity contribution is -0.143. The molecule has 0 aliphatic carbocycles. The molecule has 0 saturated heterocycles. The minimum absolute atomic E-state index is 0.0617. The number of hydrogen-bond donors (Lipinski definition) is 3. The van der Waals surface area contributed by atoms with Gasteiger partial charge in [-0.2, -0.15) is 0 Å². The summed E-state index contributed by atoms with van der Waals surface area (Å²) < 4.78 is 5.49. The Balaban J connectivity index is 3.47. The number of alkyl carbamates (subject to hydrolysis) is 1. The molecule has 0 saturated carbocycles. The van der Waals surface area contributed by atoms with Crippen molar-refractivity contribution in [3.05, 3.63) is 29.8 Å². The smallest absolute Gasteiger partial charge is 0.408 e. The van der Waals surface area contributed by atoms with E-state index in [1.165, 1.54) is 18.6 Å². The van der Waals surface area contributed by atoms with Gasteiger partial charge in [0.1, 0.15) is 23.4 Å². The molecule has 4 atom stereocenters. The van der Waals surface area contributed by atoms with E-state index >= 15 is 0 Å². The van der Waals surface area contributed by atoms with Crippen molar-refractivity contribution in [3.8, 4) is 5.75 Å². The molecule has 0 aliphatic heterocycles. The number of carbonyl (C=O) groups excluding carboxylic acids is 3. The van der Waals surface area contributed by atoms with Gasteiger partial charge in [-0.05, 0) is 64.2 Å². The zero-order valence-electron chi connectivity index (χ0n) is 26.2. The normalized spacial score (nSPS) is 14.5. The predicted octanol–water partition coefficient (Wildman–Crippen LogP) is 6.87. The van der Waals surface area contributed by atoms with Crippen LogP contribution >= 0.6 is 0 Å². The number of nitrogens with zero attached hydrogens (tertiary/aromatic N) is 1. The Morgan fingerprint density at radius 3 is 2.05 bits per heavy atom. The first-order valence-electron chi connectivity index (χ1n) is 15.2. The van der Waals surface area contributed by atoms with Crippen molar-refractivity contribution < 1.29 is 24.2 Å². The SMILES string of the molecule is CCCCCCCCN(C(=O)C(NC(=O)OC(C)(C)C)C(C)CC)C(C(=O)NC(C)CCC)c1ccc(O)cc1. The van der Waals surface area contributed by atoms with Gasteiger partial charge in [-0.1, -0.05) is 84.8 Å². The maximum Gasteiger partial charge on any atom is 0.408 e. The number of phenols is 1. The van der Waals surface area contributed by atoms with Crippen molar-refractivity contribution >= 4 is 17.9 Å². The monoisotopic (exact) mass is 561 g/mol. The molecular weight excluding hydrogens is 506 g/mol. The van der Waals surface area contributed by atoms with Crippen LogP contribution < -0.4 is 10.6 Å². The van der Waals surface area contributed by atoms with E-state index in [0.29, 0.717) is 18.5 Å². The maximum absolute atomic E-state index is 14.3. The number of rotatable bonds is 17. The first-order chi connectivity index (χ1) is 18.8. The number of phenolic OH excluding ortho intramolecular Hbond substituents is 1. The van der Waals surface area contributed by atoms with Gasteiger partial charge in [0.25, 0.3) is 0 Å². The molecule has 0 fully saturated rings. The number of unbranched alkanes of at least 4 members (excludes halogenated alkanes) is 5. The van der Waals surface area contributed by atoms with Crippen LogP contribution in [-0.4, -0.2) is 52.1 Å². The number of aromatic hydroxyl groups is 1. The van der Waals surface area contributed by atoms with Crippen LogP contribution in [0.3, 0.4) is 0 Å². The second kappa shape index (κ2) is 17.8. The standard InChI is InChI=1S/C32H55N3O5/c1-9-12-13-14-15-16-22-35(30(38)27(23(4)11-3)34-31(39)40-32(6,7)8)28(25-18-20-26(36)21-19-25)29(37)33-24(5)17-10-2/h18-21,23-24,27-28,36H,9-17,22H2,1-8H3,(H,33,37)(H,34,39). The minimum Gasteiger partial charge on any atom is -0.508 e. The van der Waals surface area contributed by atoms with Crippen LogP contribution in [0, 0.1) is 5.92 Å². The molecule has 0 spiro atoms. The highest BCUT2D eigenvalue weighted by molar-refractivity contribution is 5.92. The van der Waals surface area contributed by atoms with E-state index in [9.17, 15) is 19.5 Å². The Kier molecular flexibility index (Phi) is 15.7. The molecule has 1 aromatic rings. The van der Waals surface area contributed by atoms with E-state index < -0.39 is 23.8 Å². The van der Waals surface area contributed by atoms with Crippen LogP contribution in [0.15, 0.2) is 24.3 Å². The first kappa shape index (κ1) is 35.3. The second-order valence-electron chi connectivity index (χ2n) is 12.0. The van der Waals surface area contributed by atoms with Gasteiger partial charge in [-0.3, -0.25) is 9.59 Å². The lowest BCUT2D eigenvalue weighted by Crippen LogP contribution is -2.55. The third-order valence-electron chi connectivity index (χ3n) is 7.07. The van der Waals surface area contributed by atoms with E-state index in [1.807, 2.05) is 20.8 Å². The Morgan fingerprint density at radius 1 is 0.900 bits per heavy atom. The molecule has 0 radical (unpaired) electrons. The zero-order chi connectivity index (χ0) is 30.3. The summed E-state index contributed by atoms with van der Waals surface area (Å²) in [6, 6.07) is 4.60. The van der Waals surface area contributed by atoms with Crippen LogP contribution in [-0.2, 0) is 14.3 Å². The summed E-state index contributed by atoms with van der Waals surface area (Å²) in [5, 5.41) is 15.8. The molecule has 4 unspecified atom stereocenters.